The van der Waals surface area contributed by atoms with E-state index in [0.717, 1.165) is 16.7 Å². The van der Waals surface area contributed by atoms with E-state index in [9.17, 15) is 14.7 Å². The highest BCUT2D eigenvalue weighted by Gasteiger charge is 2.27. The molecule has 2 N–H and O–H groups in total. The molecule has 0 aliphatic heterocycles. The molecule has 0 aliphatic carbocycles. The van der Waals surface area contributed by atoms with E-state index in [2.05, 4.69) is 5.32 Å². The van der Waals surface area contributed by atoms with Crippen LogP contribution in [0.5, 0.6) is 0 Å². The van der Waals surface area contributed by atoms with Gasteiger partial charge in [0.25, 0.3) is 0 Å². The maximum Gasteiger partial charge on any atom is 0.309 e. The Balaban J connectivity index is 1.87. The molecule has 0 atom stereocenters. The zero-order valence-corrected chi connectivity index (χ0v) is 14.1. The number of carbonyl (C=O) groups excluding carboxylic acids is 1. The highest BCUT2D eigenvalue weighted by Crippen LogP contribution is 2.22. The van der Waals surface area contributed by atoms with Crippen LogP contribution in [-0.4, -0.2) is 17.0 Å². The Bertz CT molecular complexity index is 691. The second-order valence-corrected chi connectivity index (χ2v) is 6.62. The number of hydrogen-bond donors (Lipinski definition) is 2. The first-order valence-corrected chi connectivity index (χ1v) is 7.99. The molecule has 0 spiro atoms. The smallest absolute Gasteiger partial charge is 0.309 e. The lowest BCUT2D eigenvalue weighted by Gasteiger charge is -2.19. The number of carboxylic acids is 1. The second kappa shape index (κ2) is 7.77. The van der Waals surface area contributed by atoms with E-state index in [4.69, 9.17) is 0 Å². The quantitative estimate of drug-likeness (QED) is 0.821. The number of amides is 1. The molecule has 0 unspecified atom stereocenters. The van der Waals surface area contributed by atoms with E-state index in [1.54, 1.807) is 13.8 Å². The zero-order valence-electron chi connectivity index (χ0n) is 14.1. The Kier molecular flexibility index (Phi) is 5.74. The van der Waals surface area contributed by atoms with Crippen LogP contribution in [-0.2, 0) is 29.0 Å². The number of carbonyl (C=O) groups is 2. The molecule has 0 heterocycles. The standard InChI is InChI=1S/C20H23NO3/c1-20(2,19(23)24)13-16-10-8-15(9-11-16)12-18(22)21-14-17-6-4-3-5-7-17/h3-11H,12-14H2,1-2H3,(H,21,22)(H,23,24). The van der Waals surface area contributed by atoms with Gasteiger partial charge in [-0.2, -0.15) is 0 Å². The molecule has 1 amide bonds. The molecule has 4 heteroatoms. The van der Waals surface area contributed by atoms with Crippen LogP contribution in [0.1, 0.15) is 30.5 Å². The van der Waals surface area contributed by atoms with Crippen molar-refractivity contribution < 1.29 is 14.7 Å². The predicted octanol–water partition coefficient (Wildman–Crippen LogP) is 3.20. The van der Waals surface area contributed by atoms with Crippen LogP contribution in [0, 0.1) is 5.41 Å². The van der Waals surface area contributed by atoms with E-state index in [1.807, 2.05) is 54.6 Å². The Morgan fingerprint density at radius 1 is 0.917 bits per heavy atom. The van der Waals surface area contributed by atoms with Gasteiger partial charge < -0.3 is 10.4 Å². The minimum atomic E-state index is -0.813. The molecule has 2 aromatic carbocycles. The average molecular weight is 325 g/mol. The number of aliphatic carboxylic acids is 1. The van der Waals surface area contributed by atoms with Gasteiger partial charge in [-0.1, -0.05) is 54.6 Å². The first-order valence-electron chi connectivity index (χ1n) is 7.99. The molecule has 126 valence electrons. The number of rotatable bonds is 7. The van der Waals surface area contributed by atoms with E-state index in [-0.39, 0.29) is 5.91 Å². The predicted molar refractivity (Wildman–Crippen MR) is 93.6 cm³/mol. The van der Waals surface area contributed by atoms with Crippen LogP contribution >= 0.6 is 0 Å². The monoisotopic (exact) mass is 325 g/mol. The van der Waals surface area contributed by atoms with E-state index >= 15 is 0 Å². The van der Waals surface area contributed by atoms with Crippen molar-refractivity contribution in [1.29, 1.82) is 0 Å². The largest absolute Gasteiger partial charge is 0.481 e. The van der Waals surface area contributed by atoms with Crippen molar-refractivity contribution in [2.75, 3.05) is 0 Å². The molecular formula is C20H23NO3. The summed E-state index contributed by atoms with van der Waals surface area (Å²) >= 11 is 0. The van der Waals surface area contributed by atoms with Crippen LogP contribution in [0.4, 0.5) is 0 Å². The summed E-state index contributed by atoms with van der Waals surface area (Å²) in [6, 6.07) is 17.3. The summed E-state index contributed by atoms with van der Waals surface area (Å²) in [6.45, 7) is 3.94. The Morgan fingerprint density at radius 3 is 2.08 bits per heavy atom. The van der Waals surface area contributed by atoms with Gasteiger partial charge in [-0.25, -0.2) is 0 Å². The van der Waals surface area contributed by atoms with E-state index in [1.165, 1.54) is 0 Å². The van der Waals surface area contributed by atoms with Crippen molar-refractivity contribution in [3.63, 3.8) is 0 Å². The van der Waals surface area contributed by atoms with E-state index in [0.29, 0.717) is 19.4 Å². The molecule has 0 saturated heterocycles. The summed E-state index contributed by atoms with van der Waals surface area (Å²) in [5.41, 5.74) is 2.14. The van der Waals surface area contributed by atoms with Gasteiger partial charge in [0.2, 0.25) is 5.91 Å². The fourth-order valence-electron chi connectivity index (χ4n) is 2.41. The van der Waals surface area contributed by atoms with Gasteiger partial charge in [0.15, 0.2) is 0 Å². The molecular weight excluding hydrogens is 302 g/mol. The molecule has 2 aromatic rings. The fraction of sp³-hybridized carbons (Fsp3) is 0.300. The number of benzene rings is 2. The molecule has 0 radical (unpaired) electrons. The summed E-state index contributed by atoms with van der Waals surface area (Å²) < 4.78 is 0. The third kappa shape index (κ3) is 5.23. The van der Waals surface area contributed by atoms with Crippen molar-refractivity contribution in [3.8, 4) is 0 Å². The van der Waals surface area contributed by atoms with Crippen LogP contribution in [0.15, 0.2) is 54.6 Å². The number of carboxylic acid groups (broad SMARTS) is 1. The summed E-state index contributed by atoms with van der Waals surface area (Å²) in [4.78, 5) is 23.2. The molecule has 0 fully saturated rings. The van der Waals surface area contributed by atoms with Gasteiger partial charge in [-0.15, -0.1) is 0 Å². The van der Waals surface area contributed by atoms with E-state index < -0.39 is 11.4 Å². The Hall–Kier alpha value is -2.62. The molecule has 0 saturated carbocycles. The molecule has 0 aliphatic rings. The summed E-state index contributed by atoms with van der Waals surface area (Å²) in [5.74, 6) is -0.843. The van der Waals surface area contributed by atoms with Gasteiger partial charge in [0.1, 0.15) is 0 Å². The normalized spacial score (nSPS) is 11.1. The van der Waals surface area contributed by atoms with Crippen LogP contribution in [0.2, 0.25) is 0 Å². The van der Waals surface area contributed by atoms with Crippen LogP contribution < -0.4 is 5.32 Å². The lowest BCUT2D eigenvalue weighted by atomic mass is 9.86. The first kappa shape index (κ1) is 17.7. The summed E-state index contributed by atoms with van der Waals surface area (Å²) in [5, 5.41) is 12.1. The van der Waals surface area contributed by atoms with Crippen molar-refractivity contribution in [3.05, 3.63) is 71.3 Å². The molecule has 4 nitrogen and oxygen atoms in total. The maximum atomic E-state index is 12.0. The average Bonchev–Trinajstić information content (AvgIpc) is 2.55. The molecule has 0 bridgehead atoms. The minimum absolute atomic E-state index is 0.0301. The highest BCUT2D eigenvalue weighted by molar-refractivity contribution is 5.78. The first-order chi connectivity index (χ1) is 11.4. The summed E-state index contributed by atoms with van der Waals surface area (Å²) in [7, 11) is 0. The maximum absolute atomic E-state index is 12.0. The second-order valence-electron chi connectivity index (χ2n) is 6.62. The van der Waals surface area contributed by atoms with Crippen LogP contribution in [0.25, 0.3) is 0 Å². The topological polar surface area (TPSA) is 66.4 Å². The van der Waals surface area contributed by atoms with Crippen molar-refractivity contribution >= 4 is 11.9 Å². The van der Waals surface area contributed by atoms with Crippen LogP contribution in [0.3, 0.4) is 0 Å². The fourth-order valence-corrected chi connectivity index (χ4v) is 2.41. The van der Waals surface area contributed by atoms with Gasteiger partial charge in [-0.3, -0.25) is 9.59 Å². The van der Waals surface area contributed by atoms with Gasteiger partial charge in [-0.05, 0) is 37.0 Å². The molecule has 2 rings (SSSR count). The summed E-state index contributed by atoms with van der Waals surface area (Å²) in [6.07, 6.45) is 0.776. The van der Waals surface area contributed by atoms with Crippen molar-refractivity contribution in [1.82, 2.24) is 5.32 Å². The van der Waals surface area contributed by atoms with Crippen molar-refractivity contribution in [2.45, 2.75) is 33.2 Å². The third-order valence-corrected chi connectivity index (χ3v) is 3.95. The number of nitrogens with one attached hydrogen (secondary N) is 1. The minimum Gasteiger partial charge on any atom is -0.481 e. The molecule has 24 heavy (non-hydrogen) atoms. The molecule has 0 aromatic heterocycles. The Labute approximate surface area is 142 Å². The number of hydrogen-bond acceptors (Lipinski definition) is 2. The third-order valence-electron chi connectivity index (χ3n) is 3.95. The van der Waals surface area contributed by atoms with Gasteiger partial charge in [0.05, 0.1) is 11.8 Å². The van der Waals surface area contributed by atoms with Gasteiger partial charge >= 0.3 is 5.97 Å². The lowest BCUT2D eigenvalue weighted by molar-refractivity contribution is -0.146. The Morgan fingerprint density at radius 2 is 1.50 bits per heavy atom. The van der Waals surface area contributed by atoms with Gasteiger partial charge in [0, 0.05) is 6.54 Å². The highest BCUT2D eigenvalue weighted by atomic mass is 16.4. The zero-order chi connectivity index (χ0) is 17.6. The van der Waals surface area contributed by atoms with Crippen molar-refractivity contribution in [2.24, 2.45) is 5.41 Å². The lowest BCUT2D eigenvalue weighted by Crippen LogP contribution is -2.26. The SMILES string of the molecule is CC(C)(Cc1ccc(CC(=O)NCc2ccccc2)cc1)C(=O)O.